The molecule has 1 saturated carbocycles. The van der Waals surface area contributed by atoms with Gasteiger partial charge < -0.3 is 0 Å². The molecule has 4 unspecified atom stereocenters. The number of carbonyl (C=O) groups excluding carboxylic acids is 6. The molecule has 2 fully saturated rings. The number of likely N-dealkylation sites (tertiary alicyclic amines) is 1. The van der Waals surface area contributed by atoms with Crippen LogP contribution in [0.5, 0.6) is 0 Å². The zero-order chi connectivity index (χ0) is 28.0. The minimum atomic E-state index is -0.512. The number of hydrogen-bond donors (Lipinski definition) is 0. The molecule has 7 rings (SSSR count). The summed E-state index contributed by atoms with van der Waals surface area (Å²) in [6, 6.07) is 6.24. The molecule has 9 nitrogen and oxygen atoms in total. The van der Waals surface area contributed by atoms with Crippen LogP contribution in [0.25, 0.3) is 10.8 Å². The molecule has 0 N–H and O–H groups in total. The summed E-state index contributed by atoms with van der Waals surface area (Å²) in [5.41, 5.74) is 1.15. The second-order valence-corrected chi connectivity index (χ2v) is 12.0. The molecule has 4 atom stereocenters. The molecule has 0 aromatic heterocycles. The van der Waals surface area contributed by atoms with Crippen LogP contribution in [0.4, 0.5) is 0 Å². The van der Waals surface area contributed by atoms with Gasteiger partial charge in [0.25, 0.3) is 23.6 Å². The molecule has 3 aliphatic heterocycles. The first-order chi connectivity index (χ1) is 19.2. The van der Waals surface area contributed by atoms with Crippen molar-refractivity contribution in [3.8, 4) is 0 Å². The number of rotatable bonds is 7. The number of allylic oxidation sites excluding steroid dienone is 2. The first-order valence-electron chi connectivity index (χ1n) is 14.0. The monoisotopic (exact) mass is 539 g/mol. The highest BCUT2D eigenvalue weighted by Crippen LogP contribution is 2.52. The smallest absolute Gasteiger partial charge is 0.261 e. The summed E-state index contributed by atoms with van der Waals surface area (Å²) in [5.74, 6) is -2.15. The van der Waals surface area contributed by atoms with Gasteiger partial charge in [-0.15, -0.1) is 0 Å². The van der Waals surface area contributed by atoms with Crippen LogP contribution in [0.3, 0.4) is 0 Å². The van der Waals surface area contributed by atoms with Crippen molar-refractivity contribution in [1.82, 2.24) is 14.7 Å². The van der Waals surface area contributed by atoms with Crippen molar-refractivity contribution in [2.45, 2.75) is 33.1 Å². The van der Waals surface area contributed by atoms with Crippen LogP contribution in [-0.2, 0) is 9.59 Å². The largest absolute Gasteiger partial charge is 0.282 e. The Morgan fingerprint density at radius 2 is 1.02 bits per heavy atom. The highest BCUT2D eigenvalue weighted by Gasteiger charge is 2.59. The van der Waals surface area contributed by atoms with Crippen LogP contribution >= 0.6 is 0 Å². The maximum absolute atomic E-state index is 13.5. The van der Waals surface area contributed by atoms with Crippen molar-refractivity contribution in [2.24, 2.45) is 29.6 Å². The van der Waals surface area contributed by atoms with Crippen molar-refractivity contribution in [1.29, 1.82) is 0 Å². The summed E-state index contributed by atoms with van der Waals surface area (Å²) in [6.45, 7) is 4.53. The normalized spacial score (nSPS) is 26.4. The molecule has 2 aromatic rings. The first-order valence-corrected chi connectivity index (χ1v) is 14.0. The highest BCUT2D eigenvalue weighted by molar-refractivity contribution is 6.33. The van der Waals surface area contributed by atoms with Crippen molar-refractivity contribution in [2.75, 3.05) is 19.6 Å². The lowest BCUT2D eigenvalue weighted by Gasteiger charge is -2.32. The quantitative estimate of drug-likeness (QED) is 0.394. The van der Waals surface area contributed by atoms with E-state index in [0.29, 0.717) is 40.8 Å². The number of hydrogen-bond acceptors (Lipinski definition) is 6. The zero-order valence-corrected chi connectivity index (χ0v) is 22.4. The van der Waals surface area contributed by atoms with E-state index in [4.69, 9.17) is 0 Å². The maximum atomic E-state index is 13.5. The zero-order valence-electron chi connectivity index (χ0n) is 22.4. The lowest BCUT2D eigenvalue weighted by Crippen LogP contribution is -2.44. The highest BCUT2D eigenvalue weighted by atomic mass is 16.2. The number of nitrogens with zero attached hydrogens (tertiary/aromatic N) is 3. The molecular weight excluding hydrogens is 510 g/mol. The summed E-state index contributed by atoms with van der Waals surface area (Å²) in [5, 5.41) is 0.697. The van der Waals surface area contributed by atoms with E-state index in [0.717, 1.165) is 11.3 Å². The lowest BCUT2D eigenvalue weighted by molar-refractivity contribution is -0.140. The van der Waals surface area contributed by atoms with Crippen LogP contribution in [0.1, 0.15) is 74.5 Å². The topological polar surface area (TPSA) is 112 Å². The standard InChI is InChI=1S/C31H29N3O6/c1-15(2)10-13-34-28(37)20-8-6-18-24-19(7-9-21(25(20)24)29(34)38)27(36)32(26(18)35)11-3-12-33-30(39)22-16-4-5-17(14-16)23(22)31(33)40/h4-9,15-17,22-23H,3,10-14H2,1-2H3. The van der Waals surface area contributed by atoms with Crippen molar-refractivity contribution < 1.29 is 28.8 Å². The molecule has 2 aromatic carbocycles. The molecule has 6 amide bonds. The van der Waals surface area contributed by atoms with Crippen molar-refractivity contribution in [3.05, 3.63) is 58.7 Å². The van der Waals surface area contributed by atoms with Crippen molar-refractivity contribution >= 4 is 46.2 Å². The van der Waals surface area contributed by atoms with Gasteiger partial charge in [0.1, 0.15) is 0 Å². The predicted octanol–water partition coefficient (Wildman–Crippen LogP) is 3.28. The Morgan fingerprint density at radius 1 is 0.625 bits per heavy atom. The third-order valence-corrected chi connectivity index (χ3v) is 9.32. The van der Waals surface area contributed by atoms with E-state index in [9.17, 15) is 28.8 Å². The SMILES string of the molecule is CC(C)CCN1C(=O)c2ccc3c4c(ccc(c24)C1=O)C(=O)N(CCCN1C(=O)C2C4C=CC(C4)C2C1=O)C3=O. The number of amides is 6. The molecule has 5 aliphatic rings. The number of fused-ring (bicyclic) bond motifs is 5. The number of imide groups is 3. The molecule has 204 valence electrons. The van der Waals surface area contributed by atoms with Gasteiger partial charge >= 0.3 is 0 Å². The number of benzene rings is 2. The fraction of sp³-hybridized carbons (Fsp3) is 0.419. The summed E-state index contributed by atoms with van der Waals surface area (Å²) in [7, 11) is 0. The Morgan fingerprint density at radius 3 is 1.45 bits per heavy atom. The van der Waals surface area contributed by atoms with E-state index in [1.165, 1.54) is 9.80 Å². The second-order valence-electron chi connectivity index (χ2n) is 12.0. The maximum Gasteiger partial charge on any atom is 0.261 e. The van der Waals surface area contributed by atoms with Gasteiger partial charge in [0, 0.05) is 52.7 Å². The van der Waals surface area contributed by atoms with Crippen LogP contribution < -0.4 is 0 Å². The minimum Gasteiger partial charge on any atom is -0.282 e. The average Bonchev–Trinajstić information content (AvgIpc) is 3.62. The van der Waals surface area contributed by atoms with E-state index in [1.807, 2.05) is 26.0 Å². The van der Waals surface area contributed by atoms with Gasteiger partial charge in [0.05, 0.1) is 11.8 Å². The van der Waals surface area contributed by atoms with Crippen LogP contribution in [0, 0.1) is 29.6 Å². The van der Waals surface area contributed by atoms with E-state index >= 15 is 0 Å². The van der Waals surface area contributed by atoms with Gasteiger partial charge in [0.2, 0.25) is 11.8 Å². The van der Waals surface area contributed by atoms with Crippen LogP contribution in [0.2, 0.25) is 0 Å². The molecule has 2 bridgehead atoms. The molecule has 2 aliphatic carbocycles. The summed E-state index contributed by atoms with van der Waals surface area (Å²) in [4.78, 5) is 83.3. The average molecular weight is 540 g/mol. The van der Waals surface area contributed by atoms with E-state index in [2.05, 4.69) is 0 Å². The Labute approximate surface area is 230 Å². The Hall–Kier alpha value is -4.14. The Bertz CT molecular complexity index is 1500. The fourth-order valence-corrected chi connectivity index (χ4v) is 7.34. The fourth-order valence-electron chi connectivity index (χ4n) is 7.34. The van der Waals surface area contributed by atoms with Gasteiger partial charge in [-0.2, -0.15) is 0 Å². The number of carbonyl (C=O) groups is 6. The van der Waals surface area contributed by atoms with E-state index < -0.39 is 23.6 Å². The molecular formula is C31H29N3O6. The molecule has 3 heterocycles. The van der Waals surface area contributed by atoms with Gasteiger partial charge in [-0.05, 0) is 61.3 Å². The molecule has 0 spiro atoms. The summed E-state index contributed by atoms with van der Waals surface area (Å²) >= 11 is 0. The van der Waals surface area contributed by atoms with E-state index in [1.54, 1.807) is 24.3 Å². The first kappa shape index (κ1) is 24.9. The Kier molecular flexibility index (Phi) is 5.40. The van der Waals surface area contributed by atoms with Gasteiger partial charge in [-0.1, -0.05) is 26.0 Å². The lowest BCUT2D eigenvalue weighted by atomic mass is 9.85. The van der Waals surface area contributed by atoms with Gasteiger partial charge in [0.15, 0.2) is 0 Å². The van der Waals surface area contributed by atoms with Crippen LogP contribution in [0.15, 0.2) is 36.4 Å². The Balaban J connectivity index is 1.13. The molecule has 1 saturated heterocycles. The summed E-state index contributed by atoms with van der Waals surface area (Å²) < 4.78 is 0. The van der Waals surface area contributed by atoms with E-state index in [-0.39, 0.29) is 66.1 Å². The summed E-state index contributed by atoms with van der Waals surface area (Å²) in [6.07, 6.45) is 5.90. The molecule has 40 heavy (non-hydrogen) atoms. The molecule has 0 radical (unpaired) electrons. The third-order valence-electron chi connectivity index (χ3n) is 9.32. The van der Waals surface area contributed by atoms with Crippen molar-refractivity contribution in [3.63, 3.8) is 0 Å². The van der Waals surface area contributed by atoms with Gasteiger partial charge in [-0.3, -0.25) is 43.5 Å². The minimum absolute atomic E-state index is 0.0421. The second kappa shape index (κ2) is 8.68. The predicted molar refractivity (Wildman–Crippen MR) is 143 cm³/mol. The molecule has 9 heteroatoms. The van der Waals surface area contributed by atoms with Gasteiger partial charge in [-0.25, -0.2) is 0 Å². The van der Waals surface area contributed by atoms with Crippen LogP contribution in [-0.4, -0.2) is 69.8 Å². The third kappa shape index (κ3) is 3.26.